The van der Waals surface area contributed by atoms with Crippen molar-refractivity contribution in [3.8, 4) is 0 Å². The maximum atomic E-state index is 4.64. The fraction of sp³-hybridized carbons (Fsp3) is 0.688. The average molecular weight is 261 g/mol. The third kappa shape index (κ3) is 3.93. The highest BCUT2D eigenvalue weighted by molar-refractivity contribution is 5.47. The normalized spacial score (nSPS) is 20.0. The summed E-state index contributed by atoms with van der Waals surface area (Å²) in [6.45, 7) is 9.93. The molecule has 0 saturated carbocycles. The van der Waals surface area contributed by atoms with Gasteiger partial charge in [0.1, 0.15) is 5.82 Å². The van der Waals surface area contributed by atoms with Gasteiger partial charge in [-0.2, -0.15) is 0 Å². The molecule has 2 heterocycles. The van der Waals surface area contributed by atoms with Crippen LogP contribution in [-0.2, 0) is 6.54 Å². The van der Waals surface area contributed by atoms with E-state index in [9.17, 15) is 0 Å². The molecule has 1 saturated heterocycles. The number of piperidine rings is 1. The zero-order chi connectivity index (χ0) is 13.7. The number of rotatable bonds is 5. The number of aromatic nitrogens is 1. The van der Waals surface area contributed by atoms with Crippen LogP contribution in [0.1, 0.15) is 45.6 Å². The van der Waals surface area contributed by atoms with Gasteiger partial charge in [0, 0.05) is 30.9 Å². The summed E-state index contributed by atoms with van der Waals surface area (Å²) >= 11 is 0. The molecule has 19 heavy (non-hydrogen) atoms. The molecule has 0 radical (unpaired) electrons. The summed E-state index contributed by atoms with van der Waals surface area (Å²) in [5, 5.41) is 3.53. The van der Waals surface area contributed by atoms with Crippen LogP contribution in [0.15, 0.2) is 18.3 Å². The van der Waals surface area contributed by atoms with Crippen LogP contribution >= 0.6 is 0 Å². The predicted molar refractivity (Wildman–Crippen MR) is 81.4 cm³/mol. The first-order valence-corrected chi connectivity index (χ1v) is 7.59. The molecule has 3 heteroatoms. The molecule has 106 valence electrons. The topological polar surface area (TPSA) is 28.2 Å². The first-order chi connectivity index (χ1) is 9.18. The molecular formula is C16H27N3. The summed E-state index contributed by atoms with van der Waals surface area (Å²) in [5.41, 5.74) is 1.33. The highest BCUT2D eigenvalue weighted by Crippen LogP contribution is 2.25. The zero-order valence-corrected chi connectivity index (χ0v) is 12.5. The molecule has 2 rings (SSSR count). The van der Waals surface area contributed by atoms with Gasteiger partial charge in [-0.1, -0.05) is 19.9 Å². The van der Waals surface area contributed by atoms with Crippen molar-refractivity contribution in [2.75, 3.05) is 18.0 Å². The lowest BCUT2D eigenvalue weighted by atomic mass is 10.0. The van der Waals surface area contributed by atoms with Crippen molar-refractivity contribution >= 4 is 5.82 Å². The highest BCUT2D eigenvalue weighted by Gasteiger charge is 2.21. The molecule has 0 bridgehead atoms. The lowest BCUT2D eigenvalue weighted by Crippen LogP contribution is -2.39. The Labute approximate surface area is 117 Å². The Hall–Kier alpha value is -1.09. The lowest BCUT2D eigenvalue weighted by Gasteiger charge is -2.35. The van der Waals surface area contributed by atoms with Gasteiger partial charge in [0.05, 0.1) is 0 Å². The van der Waals surface area contributed by atoms with Crippen molar-refractivity contribution in [3.05, 3.63) is 23.9 Å². The van der Waals surface area contributed by atoms with Gasteiger partial charge in [0.2, 0.25) is 0 Å². The monoisotopic (exact) mass is 261 g/mol. The summed E-state index contributed by atoms with van der Waals surface area (Å²) in [7, 11) is 0. The molecule has 1 aliphatic rings. The molecule has 1 aromatic heterocycles. The van der Waals surface area contributed by atoms with Crippen LogP contribution in [0.5, 0.6) is 0 Å². The summed E-state index contributed by atoms with van der Waals surface area (Å²) in [4.78, 5) is 7.12. The second kappa shape index (κ2) is 6.90. The number of pyridine rings is 1. The van der Waals surface area contributed by atoms with E-state index in [4.69, 9.17) is 0 Å². The summed E-state index contributed by atoms with van der Waals surface area (Å²) in [6.07, 6.45) is 5.85. The average Bonchev–Trinajstić information content (AvgIpc) is 2.40. The van der Waals surface area contributed by atoms with Crippen molar-refractivity contribution in [1.29, 1.82) is 0 Å². The van der Waals surface area contributed by atoms with Gasteiger partial charge in [-0.25, -0.2) is 4.98 Å². The van der Waals surface area contributed by atoms with Gasteiger partial charge in [0.25, 0.3) is 0 Å². The Balaban J connectivity index is 2.06. The molecule has 1 aliphatic heterocycles. The second-order valence-corrected chi connectivity index (χ2v) is 6.05. The maximum absolute atomic E-state index is 4.64. The van der Waals surface area contributed by atoms with Crippen molar-refractivity contribution in [2.24, 2.45) is 5.92 Å². The third-order valence-electron chi connectivity index (χ3n) is 3.81. The molecule has 0 aromatic carbocycles. The molecule has 0 spiro atoms. The molecule has 3 nitrogen and oxygen atoms in total. The van der Waals surface area contributed by atoms with Gasteiger partial charge >= 0.3 is 0 Å². The van der Waals surface area contributed by atoms with Crippen molar-refractivity contribution in [3.63, 3.8) is 0 Å². The second-order valence-electron chi connectivity index (χ2n) is 6.05. The van der Waals surface area contributed by atoms with Crippen LogP contribution in [0.4, 0.5) is 5.82 Å². The Kier molecular flexibility index (Phi) is 5.20. The van der Waals surface area contributed by atoms with E-state index in [0.29, 0.717) is 12.0 Å². The van der Waals surface area contributed by atoms with Gasteiger partial charge in [-0.15, -0.1) is 0 Å². The van der Waals surface area contributed by atoms with Crippen molar-refractivity contribution in [1.82, 2.24) is 10.3 Å². The number of hydrogen-bond acceptors (Lipinski definition) is 3. The van der Waals surface area contributed by atoms with Crippen LogP contribution < -0.4 is 10.2 Å². The van der Waals surface area contributed by atoms with Crippen LogP contribution in [0.25, 0.3) is 0 Å². The molecule has 1 unspecified atom stereocenters. The molecule has 1 atom stereocenters. The molecule has 1 aromatic rings. The van der Waals surface area contributed by atoms with Crippen LogP contribution in [0, 0.1) is 5.92 Å². The smallest absolute Gasteiger partial charge is 0.133 e. The Morgan fingerprint density at radius 1 is 1.42 bits per heavy atom. The SMILES string of the molecule is CC(C)CNCc1cccnc1N1CCCCC1C. The van der Waals surface area contributed by atoms with Gasteiger partial charge in [-0.3, -0.25) is 0 Å². The van der Waals surface area contributed by atoms with Gasteiger partial charge in [-0.05, 0) is 44.7 Å². The molecule has 0 aliphatic carbocycles. The summed E-state index contributed by atoms with van der Waals surface area (Å²) < 4.78 is 0. The minimum Gasteiger partial charge on any atom is -0.354 e. The number of anilines is 1. The highest BCUT2D eigenvalue weighted by atomic mass is 15.2. The number of nitrogens with one attached hydrogen (secondary N) is 1. The number of hydrogen-bond donors (Lipinski definition) is 1. The largest absolute Gasteiger partial charge is 0.354 e. The molecule has 1 N–H and O–H groups in total. The van der Waals surface area contributed by atoms with E-state index < -0.39 is 0 Å². The van der Waals surface area contributed by atoms with Crippen molar-refractivity contribution < 1.29 is 0 Å². The van der Waals surface area contributed by atoms with Crippen LogP contribution in [0.2, 0.25) is 0 Å². The molecule has 0 amide bonds. The van der Waals surface area contributed by atoms with Crippen LogP contribution in [-0.4, -0.2) is 24.1 Å². The van der Waals surface area contributed by atoms with E-state index in [0.717, 1.165) is 19.6 Å². The van der Waals surface area contributed by atoms with E-state index in [1.54, 1.807) is 0 Å². The summed E-state index contributed by atoms with van der Waals surface area (Å²) in [5.74, 6) is 1.87. The summed E-state index contributed by atoms with van der Waals surface area (Å²) in [6, 6.07) is 4.87. The fourth-order valence-corrected chi connectivity index (χ4v) is 2.74. The minimum absolute atomic E-state index is 0.618. The minimum atomic E-state index is 0.618. The molecule has 1 fully saturated rings. The van der Waals surface area contributed by atoms with E-state index >= 15 is 0 Å². The van der Waals surface area contributed by atoms with E-state index in [1.807, 2.05) is 12.3 Å². The Bertz CT molecular complexity index is 389. The zero-order valence-electron chi connectivity index (χ0n) is 12.5. The lowest BCUT2D eigenvalue weighted by molar-refractivity contribution is 0.478. The Morgan fingerprint density at radius 3 is 3.00 bits per heavy atom. The van der Waals surface area contributed by atoms with Gasteiger partial charge < -0.3 is 10.2 Å². The number of nitrogens with zero attached hydrogens (tertiary/aromatic N) is 2. The third-order valence-corrected chi connectivity index (χ3v) is 3.81. The quantitative estimate of drug-likeness (QED) is 0.882. The first-order valence-electron chi connectivity index (χ1n) is 7.59. The fourth-order valence-electron chi connectivity index (χ4n) is 2.74. The van der Waals surface area contributed by atoms with E-state index in [1.165, 1.54) is 30.6 Å². The standard InChI is InChI=1S/C16H27N3/c1-13(2)11-17-12-15-8-6-9-18-16(15)19-10-5-4-7-14(19)3/h6,8-9,13-14,17H,4-5,7,10-12H2,1-3H3. The Morgan fingerprint density at radius 2 is 2.26 bits per heavy atom. The maximum Gasteiger partial charge on any atom is 0.133 e. The molecular weight excluding hydrogens is 234 g/mol. The van der Waals surface area contributed by atoms with E-state index in [2.05, 4.69) is 42.0 Å². The van der Waals surface area contributed by atoms with Gasteiger partial charge in [0.15, 0.2) is 0 Å². The van der Waals surface area contributed by atoms with Crippen molar-refractivity contribution in [2.45, 2.75) is 52.6 Å². The van der Waals surface area contributed by atoms with E-state index in [-0.39, 0.29) is 0 Å². The first kappa shape index (κ1) is 14.3. The van der Waals surface area contributed by atoms with Crippen LogP contribution in [0.3, 0.4) is 0 Å². The predicted octanol–water partition coefficient (Wildman–Crippen LogP) is 3.21.